The van der Waals surface area contributed by atoms with E-state index in [1.54, 1.807) is 0 Å². The highest BCUT2D eigenvalue weighted by molar-refractivity contribution is 4.43. The Kier molecular flexibility index (Phi) is 44.0. The molecule has 0 aromatic heterocycles. The van der Waals surface area contributed by atoms with E-state index >= 15 is 0 Å². The third kappa shape index (κ3) is 13.8. The van der Waals surface area contributed by atoms with Gasteiger partial charge in [-0.1, -0.05) is 27.7 Å². The molecule has 0 aromatic rings. The average Bonchev–Trinajstić information content (AvgIpc) is 2.06. The molecule has 0 heterocycles. The molecule has 0 rings (SSSR count). The second-order valence-electron chi connectivity index (χ2n) is 4.24. The van der Waals surface area contributed by atoms with Crippen LogP contribution in [0.2, 0.25) is 0 Å². The van der Waals surface area contributed by atoms with Crippen molar-refractivity contribution < 1.29 is 31.1 Å². The third-order valence-electron chi connectivity index (χ3n) is 2.79. The molecule has 8 N–H and O–H groups in total. The Hall–Kier alpha value is -0.270. The van der Waals surface area contributed by atoms with Crippen LogP contribution in [0, 0.1) is 0 Å². The molecule has 0 spiro atoms. The van der Waals surface area contributed by atoms with Crippen molar-refractivity contribution >= 4 is 0 Å². The van der Waals surface area contributed by atoms with E-state index in [-0.39, 0.29) is 26.6 Å². The second kappa shape index (κ2) is 22.0. The third-order valence-corrected chi connectivity index (χ3v) is 2.79. The topological polar surface area (TPSA) is 126 Å². The summed E-state index contributed by atoms with van der Waals surface area (Å²) in [6.07, 6.45) is 5.33. The normalized spacial score (nSPS) is 8.67. The summed E-state index contributed by atoms with van der Waals surface area (Å²) in [4.78, 5) is 0. The molecule has 0 atom stereocenters. The summed E-state index contributed by atoms with van der Waals surface area (Å²) in [6.45, 7) is 14.8. The first-order valence-corrected chi connectivity index (χ1v) is 6.09. The predicted octanol–water partition coefficient (Wildman–Crippen LogP) is -2.85. The molecule has 0 saturated carbocycles. The van der Waals surface area contributed by atoms with Gasteiger partial charge in [0.2, 0.25) is 0 Å². The first kappa shape index (κ1) is 36.1. The maximum Gasteiger partial charge on any atom is 0.0783 e. The van der Waals surface area contributed by atoms with Crippen LogP contribution in [0.5, 0.6) is 0 Å². The summed E-state index contributed by atoms with van der Waals surface area (Å²) in [5.74, 6) is 0. The van der Waals surface area contributed by atoms with Gasteiger partial charge >= 0.3 is 0 Å². The predicted molar refractivity (Wildman–Crippen MR) is 75.3 cm³/mol. The summed E-state index contributed by atoms with van der Waals surface area (Å²) in [5, 5.41) is 0. The van der Waals surface area contributed by atoms with Crippen molar-refractivity contribution in [2.24, 2.45) is 0 Å². The van der Waals surface area contributed by atoms with Gasteiger partial charge in [0.15, 0.2) is 0 Å². The molecule has 0 aliphatic rings. The van der Waals surface area contributed by atoms with Crippen LogP contribution in [0.25, 0.3) is 0 Å². The van der Waals surface area contributed by atoms with Gasteiger partial charge in [0.25, 0.3) is 0 Å². The highest BCUT2D eigenvalue weighted by Crippen LogP contribution is 2.12. The van der Waals surface area contributed by atoms with Crippen molar-refractivity contribution in [2.45, 2.75) is 53.4 Å². The van der Waals surface area contributed by atoms with Gasteiger partial charge in [-0.15, -0.1) is 0 Å². The molecular weight excluding hydrogens is 241 g/mol. The molecule has 0 amide bonds. The highest BCUT2D eigenvalue weighted by Gasteiger charge is 2.22. The minimum atomic E-state index is 0. The zero-order chi connectivity index (χ0) is 10.2. The monoisotopic (exact) mass is 277 g/mol. The highest BCUT2D eigenvalue weighted by atomic mass is 19.0. The molecule has 5 nitrogen and oxygen atoms in total. The SMILES string of the molecule is CCC[N+](CCC)(CCC)CCC.O.O.O.O.[F-]. The summed E-state index contributed by atoms with van der Waals surface area (Å²) < 4.78 is 1.38. The van der Waals surface area contributed by atoms with Crippen LogP contribution in [0.3, 0.4) is 0 Å². The zero-order valence-electron chi connectivity index (χ0n) is 12.5. The number of nitrogens with zero attached hydrogens (tertiary/aromatic N) is 1. The van der Waals surface area contributed by atoms with Crippen LogP contribution >= 0.6 is 0 Å². The van der Waals surface area contributed by atoms with Crippen molar-refractivity contribution in [1.82, 2.24) is 0 Å². The molecule has 0 radical (unpaired) electrons. The molecule has 0 aliphatic carbocycles. The van der Waals surface area contributed by atoms with E-state index in [1.165, 1.54) is 56.3 Å². The molecule has 0 aliphatic heterocycles. The molecule has 18 heavy (non-hydrogen) atoms. The van der Waals surface area contributed by atoms with Crippen LogP contribution in [0.4, 0.5) is 0 Å². The van der Waals surface area contributed by atoms with E-state index in [0.717, 1.165) is 0 Å². The molecule has 0 fully saturated rings. The largest absolute Gasteiger partial charge is 1.00 e. The Morgan fingerprint density at radius 1 is 0.500 bits per heavy atom. The van der Waals surface area contributed by atoms with Gasteiger partial charge in [0, 0.05) is 0 Å². The molecule has 0 bridgehead atoms. The lowest BCUT2D eigenvalue weighted by atomic mass is 10.2. The maximum atomic E-state index is 2.31. The minimum Gasteiger partial charge on any atom is -1.00 e. The van der Waals surface area contributed by atoms with Crippen molar-refractivity contribution in [2.75, 3.05) is 26.2 Å². The lowest BCUT2D eigenvalue weighted by Crippen LogP contribution is -3.00. The summed E-state index contributed by atoms with van der Waals surface area (Å²) in [5.41, 5.74) is 0. The number of halogens is 1. The van der Waals surface area contributed by atoms with E-state index in [9.17, 15) is 0 Å². The first-order chi connectivity index (χ1) is 6.24. The standard InChI is InChI=1S/C12H28N.FH.4H2O/c1-5-9-13(10-6-2,11-7-3)12-8-4;;;;;/h5-12H2,1-4H3;1H;4*1H2/q+1;;;;;/p-1. The van der Waals surface area contributed by atoms with Crippen LogP contribution in [-0.2, 0) is 0 Å². The Morgan fingerprint density at radius 2 is 0.667 bits per heavy atom. The fourth-order valence-corrected chi connectivity index (χ4v) is 2.57. The zero-order valence-corrected chi connectivity index (χ0v) is 12.5. The van der Waals surface area contributed by atoms with E-state index in [2.05, 4.69) is 27.7 Å². The molecular formula is C12H36FNO4. The lowest BCUT2D eigenvalue weighted by Gasteiger charge is -2.38. The Bertz CT molecular complexity index is 99.1. The van der Waals surface area contributed by atoms with Crippen molar-refractivity contribution in [3.63, 3.8) is 0 Å². The quantitative estimate of drug-likeness (QED) is 0.423. The lowest BCUT2D eigenvalue weighted by molar-refractivity contribution is -0.928. The Labute approximate surface area is 111 Å². The van der Waals surface area contributed by atoms with Crippen LogP contribution in [0.1, 0.15) is 53.4 Å². The van der Waals surface area contributed by atoms with Gasteiger partial charge in [-0.25, -0.2) is 0 Å². The van der Waals surface area contributed by atoms with E-state index in [0.29, 0.717) is 0 Å². The number of quaternary nitrogens is 1. The average molecular weight is 277 g/mol. The molecule has 0 unspecified atom stereocenters. The summed E-state index contributed by atoms with van der Waals surface area (Å²) in [7, 11) is 0. The minimum absolute atomic E-state index is 0. The summed E-state index contributed by atoms with van der Waals surface area (Å²) >= 11 is 0. The van der Waals surface area contributed by atoms with E-state index in [1.807, 2.05) is 0 Å². The number of rotatable bonds is 8. The number of hydrogen-bond acceptors (Lipinski definition) is 0. The number of hydrogen-bond donors (Lipinski definition) is 0. The fourth-order valence-electron chi connectivity index (χ4n) is 2.57. The second-order valence-corrected chi connectivity index (χ2v) is 4.24. The van der Waals surface area contributed by atoms with Crippen LogP contribution in [-0.4, -0.2) is 52.6 Å². The van der Waals surface area contributed by atoms with Gasteiger partial charge < -0.3 is 31.1 Å². The molecule has 0 saturated heterocycles. The maximum absolute atomic E-state index is 2.31. The molecule has 120 valence electrons. The van der Waals surface area contributed by atoms with Crippen molar-refractivity contribution in [3.8, 4) is 0 Å². The van der Waals surface area contributed by atoms with Gasteiger partial charge in [-0.2, -0.15) is 0 Å². The van der Waals surface area contributed by atoms with Crippen LogP contribution in [0.15, 0.2) is 0 Å². The van der Waals surface area contributed by atoms with Gasteiger partial charge in [-0.05, 0) is 25.7 Å². The van der Waals surface area contributed by atoms with Gasteiger partial charge in [0.05, 0.1) is 26.2 Å². The van der Waals surface area contributed by atoms with Gasteiger partial charge in [0.1, 0.15) is 0 Å². The van der Waals surface area contributed by atoms with Crippen molar-refractivity contribution in [1.29, 1.82) is 0 Å². The van der Waals surface area contributed by atoms with Crippen molar-refractivity contribution in [3.05, 3.63) is 0 Å². The van der Waals surface area contributed by atoms with E-state index < -0.39 is 0 Å². The first-order valence-electron chi connectivity index (χ1n) is 6.09. The Balaban J connectivity index is -0.0000000720. The van der Waals surface area contributed by atoms with Gasteiger partial charge in [-0.3, -0.25) is 0 Å². The smallest absolute Gasteiger partial charge is 0.0783 e. The Morgan fingerprint density at radius 3 is 0.778 bits per heavy atom. The molecule has 0 aromatic carbocycles. The van der Waals surface area contributed by atoms with E-state index in [4.69, 9.17) is 0 Å². The molecule has 6 heteroatoms. The fraction of sp³-hybridized carbons (Fsp3) is 1.00. The van der Waals surface area contributed by atoms with Crippen LogP contribution < -0.4 is 4.70 Å². The summed E-state index contributed by atoms with van der Waals surface area (Å²) in [6, 6.07) is 0.